The standard InChI is InChI=1S/C22H36O3P/c1-26(23-20-8-2-17(14-20)3-9-20,24-21-10-4-18(15-21)5-11-21)25-22-12-6-19(16-22)7-13-22/h17-19H,2-16H2,1H3/q+1. The van der Waals surface area contributed by atoms with E-state index in [0.29, 0.717) is 0 Å². The highest BCUT2D eigenvalue weighted by Crippen LogP contribution is 2.74. The summed E-state index contributed by atoms with van der Waals surface area (Å²) in [5.41, 5.74) is 0.273. The van der Waals surface area contributed by atoms with Crippen molar-refractivity contribution in [3.8, 4) is 0 Å². The Morgan fingerprint density at radius 3 is 1.00 bits per heavy atom. The Kier molecular flexibility index (Phi) is 3.76. The van der Waals surface area contributed by atoms with Crippen molar-refractivity contribution in [2.45, 2.75) is 113 Å². The molecular formula is C22H36O3P+. The minimum atomic E-state index is -2.28. The summed E-state index contributed by atoms with van der Waals surface area (Å²) in [6, 6.07) is 0. The van der Waals surface area contributed by atoms with Crippen LogP contribution < -0.4 is 0 Å². The molecule has 0 atom stereocenters. The van der Waals surface area contributed by atoms with E-state index in [9.17, 15) is 0 Å². The van der Waals surface area contributed by atoms with Gasteiger partial charge in [-0.1, -0.05) is 0 Å². The summed E-state index contributed by atoms with van der Waals surface area (Å²) in [7, 11) is -2.28. The van der Waals surface area contributed by atoms with Gasteiger partial charge >= 0.3 is 7.94 Å². The van der Waals surface area contributed by atoms with Crippen molar-refractivity contribution in [2.75, 3.05) is 6.66 Å². The first-order valence-corrected chi connectivity index (χ1v) is 13.5. The molecule has 0 aromatic carbocycles. The Balaban J connectivity index is 1.27. The van der Waals surface area contributed by atoms with E-state index in [1.54, 1.807) is 0 Å². The predicted molar refractivity (Wildman–Crippen MR) is 104 cm³/mol. The molecule has 3 nitrogen and oxygen atoms in total. The molecule has 0 saturated heterocycles. The zero-order valence-corrected chi connectivity index (χ0v) is 17.4. The Morgan fingerprint density at radius 2 is 0.808 bits per heavy atom. The minimum absolute atomic E-state index is 0.0910. The van der Waals surface area contributed by atoms with Gasteiger partial charge in [-0.2, -0.15) is 13.6 Å². The molecule has 0 spiro atoms. The molecule has 0 heterocycles. The largest absolute Gasteiger partial charge is 0.409 e. The van der Waals surface area contributed by atoms with Crippen LogP contribution in [0.25, 0.3) is 0 Å². The van der Waals surface area contributed by atoms with Crippen molar-refractivity contribution in [2.24, 2.45) is 17.8 Å². The fraction of sp³-hybridized carbons (Fsp3) is 1.00. The van der Waals surface area contributed by atoms with Gasteiger partial charge in [-0.15, -0.1) is 0 Å². The average molecular weight is 380 g/mol. The van der Waals surface area contributed by atoms with Crippen molar-refractivity contribution < 1.29 is 13.6 Å². The van der Waals surface area contributed by atoms with Crippen LogP contribution in [0.3, 0.4) is 0 Å². The van der Waals surface area contributed by atoms with Crippen molar-refractivity contribution in [3.63, 3.8) is 0 Å². The van der Waals surface area contributed by atoms with Gasteiger partial charge in [0.05, 0.1) is 0 Å². The highest BCUT2D eigenvalue weighted by molar-refractivity contribution is 7.60. The second-order valence-corrected chi connectivity index (χ2v) is 13.1. The number of rotatable bonds is 6. The van der Waals surface area contributed by atoms with Gasteiger partial charge in [0, 0.05) is 0 Å². The molecule has 6 saturated carbocycles. The molecule has 6 fully saturated rings. The Morgan fingerprint density at radius 1 is 0.538 bits per heavy atom. The van der Waals surface area contributed by atoms with Crippen molar-refractivity contribution in [1.82, 2.24) is 0 Å². The zero-order chi connectivity index (χ0) is 17.5. The smallest absolute Gasteiger partial charge is 0.171 e. The summed E-state index contributed by atoms with van der Waals surface area (Å²) in [4.78, 5) is 0. The summed E-state index contributed by atoms with van der Waals surface area (Å²) in [5, 5.41) is 0. The summed E-state index contributed by atoms with van der Waals surface area (Å²) < 4.78 is 21.2. The summed E-state index contributed by atoms with van der Waals surface area (Å²) in [6.07, 6.45) is 19.4. The molecule has 6 aliphatic rings. The maximum absolute atomic E-state index is 7.06. The molecule has 0 aliphatic heterocycles. The zero-order valence-electron chi connectivity index (χ0n) is 16.5. The first-order chi connectivity index (χ1) is 12.5. The van der Waals surface area contributed by atoms with E-state index in [2.05, 4.69) is 6.66 Å². The van der Waals surface area contributed by atoms with E-state index in [1.165, 1.54) is 96.3 Å². The lowest BCUT2D eigenvalue weighted by Gasteiger charge is -2.38. The van der Waals surface area contributed by atoms with Crippen LogP contribution in [-0.4, -0.2) is 23.5 Å². The Bertz CT molecular complexity index is 487. The van der Waals surface area contributed by atoms with E-state index in [1.807, 2.05) is 0 Å². The summed E-state index contributed by atoms with van der Waals surface area (Å²) >= 11 is 0. The molecule has 0 amide bonds. The Hall–Kier alpha value is 0.310. The molecule has 0 aromatic rings. The van der Waals surface area contributed by atoms with Crippen molar-refractivity contribution in [1.29, 1.82) is 0 Å². The molecule has 6 bridgehead atoms. The maximum Gasteiger partial charge on any atom is 0.409 e. The fourth-order valence-corrected chi connectivity index (χ4v) is 10.9. The first kappa shape index (κ1) is 17.2. The van der Waals surface area contributed by atoms with Crippen molar-refractivity contribution in [3.05, 3.63) is 0 Å². The van der Waals surface area contributed by atoms with Gasteiger partial charge in [0.2, 0.25) is 0 Å². The van der Waals surface area contributed by atoms with E-state index in [-0.39, 0.29) is 16.8 Å². The van der Waals surface area contributed by atoms with E-state index < -0.39 is 7.94 Å². The van der Waals surface area contributed by atoms with Crippen LogP contribution >= 0.6 is 7.94 Å². The second-order valence-electron chi connectivity index (χ2n) is 11.0. The molecule has 0 N–H and O–H groups in total. The van der Waals surface area contributed by atoms with Gasteiger partial charge in [0.15, 0.2) is 0 Å². The molecule has 26 heavy (non-hydrogen) atoms. The first-order valence-electron chi connectivity index (χ1n) is 11.5. The third kappa shape index (κ3) is 2.75. The van der Waals surface area contributed by atoms with Gasteiger partial charge < -0.3 is 0 Å². The van der Waals surface area contributed by atoms with Crippen LogP contribution in [-0.2, 0) is 13.6 Å². The van der Waals surface area contributed by atoms with Crippen LogP contribution in [0.5, 0.6) is 0 Å². The van der Waals surface area contributed by atoms with Crippen LogP contribution in [0.1, 0.15) is 96.3 Å². The third-order valence-corrected chi connectivity index (χ3v) is 11.3. The number of hydrogen-bond donors (Lipinski definition) is 0. The lowest BCUT2D eigenvalue weighted by atomic mass is 9.98. The van der Waals surface area contributed by atoms with Crippen LogP contribution in [0, 0.1) is 17.8 Å². The highest BCUT2D eigenvalue weighted by Gasteiger charge is 2.64. The minimum Gasteiger partial charge on any atom is -0.171 e. The van der Waals surface area contributed by atoms with Crippen LogP contribution in [0.15, 0.2) is 0 Å². The summed E-state index contributed by atoms with van der Waals surface area (Å²) in [6.45, 7) is 2.26. The van der Waals surface area contributed by atoms with Gasteiger partial charge in [-0.3, -0.25) is 0 Å². The normalized spacial score (nSPS) is 53.7. The monoisotopic (exact) mass is 379 g/mol. The SMILES string of the molecule is C[P+](OC12CCC(CC1)C2)(OC12CCC(CC1)C2)OC12CCC(CC1)C2. The molecule has 6 aliphatic carbocycles. The molecule has 0 radical (unpaired) electrons. The number of fused-ring (bicyclic) bond motifs is 6. The maximum atomic E-state index is 7.06. The lowest BCUT2D eigenvalue weighted by Crippen LogP contribution is -2.37. The van der Waals surface area contributed by atoms with Gasteiger partial charge in [-0.05, 0) is 114 Å². The predicted octanol–water partition coefficient (Wildman–Crippen LogP) is 6.43. The van der Waals surface area contributed by atoms with E-state index >= 15 is 0 Å². The van der Waals surface area contributed by atoms with Crippen LogP contribution in [0.2, 0.25) is 0 Å². The fourth-order valence-electron chi connectivity index (χ4n) is 7.91. The van der Waals surface area contributed by atoms with E-state index in [0.717, 1.165) is 17.8 Å². The quantitative estimate of drug-likeness (QED) is 0.498. The number of hydrogen-bond acceptors (Lipinski definition) is 3. The van der Waals surface area contributed by atoms with Gasteiger partial charge in [0.1, 0.15) is 23.5 Å². The molecule has 146 valence electrons. The van der Waals surface area contributed by atoms with Crippen LogP contribution in [0.4, 0.5) is 0 Å². The van der Waals surface area contributed by atoms with Gasteiger partial charge in [0.25, 0.3) is 0 Å². The molecule has 0 unspecified atom stereocenters. The van der Waals surface area contributed by atoms with Gasteiger partial charge in [-0.25, -0.2) is 0 Å². The van der Waals surface area contributed by atoms with E-state index in [4.69, 9.17) is 13.6 Å². The lowest BCUT2D eigenvalue weighted by molar-refractivity contribution is -0.0489. The van der Waals surface area contributed by atoms with Crippen molar-refractivity contribution >= 4 is 7.94 Å². The Labute approximate surface area is 159 Å². The topological polar surface area (TPSA) is 27.7 Å². The highest BCUT2D eigenvalue weighted by atomic mass is 31.2. The molecule has 4 heteroatoms. The molecule has 6 rings (SSSR count). The average Bonchev–Trinajstić information content (AvgIpc) is 3.41. The second kappa shape index (κ2) is 5.68. The summed E-state index contributed by atoms with van der Waals surface area (Å²) in [5.74, 6) is 2.72. The molecular weight excluding hydrogens is 343 g/mol. The third-order valence-electron chi connectivity index (χ3n) is 9.11. The molecule has 0 aromatic heterocycles.